The number of anilines is 12. The first-order valence-corrected chi connectivity index (χ1v) is 26.6. The molecule has 0 radical (unpaired) electrons. The highest BCUT2D eigenvalue weighted by Gasteiger charge is 2.46. The first kappa shape index (κ1) is 46.6. The van der Waals surface area contributed by atoms with Crippen LogP contribution < -0.4 is 52.4 Å². The fraction of sp³-hybridized carbons (Fsp3) is 0.118. The molecule has 10 aromatic rings. The molecule has 6 heteroatoms. The van der Waals surface area contributed by atoms with Crippen molar-refractivity contribution in [2.24, 2.45) is 0 Å². The highest BCUT2D eigenvalue weighted by atomic mass is 15.2. The molecular weight excluding hydrogens is 894 g/mol. The quantitative estimate of drug-likeness (QED) is 0.159. The first-order valence-electron chi connectivity index (χ1n) is 26.6. The first-order chi connectivity index (χ1) is 36.4. The Morgan fingerprint density at radius 3 is 0.878 bits per heavy atom. The lowest BCUT2D eigenvalue weighted by Crippen LogP contribution is -2.61. The van der Waals surface area contributed by atoms with E-state index < -0.39 is 0 Å². The van der Waals surface area contributed by atoms with E-state index in [1.54, 1.807) is 0 Å². The second-order valence-corrected chi connectivity index (χ2v) is 19.6. The van der Waals surface area contributed by atoms with Crippen molar-refractivity contribution >= 4 is 114 Å². The third-order valence-corrected chi connectivity index (χ3v) is 15.2. The highest BCUT2D eigenvalue weighted by Crippen LogP contribution is 2.50. The average molecular weight is 955 g/mol. The van der Waals surface area contributed by atoms with Crippen LogP contribution in [0.3, 0.4) is 0 Å². The van der Waals surface area contributed by atoms with E-state index in [0.29, 0.717) is 0 Å². The van der Waals surface area contributed by atoms with E-state index in [2.05, 4.69) is 266 Å². The minimum absolute atomic E-state index is 0.0271. The van der Waals surface area contributed by atoms with E-state index in [-0.39, 0.29) is 13.4 Å². The molecule has 4 nitrogen and oxygen atoms in total. The molecule has 0 N–H and O–H groups in total. The Hall–Kier alpha value is -8.47. The maximum Gasteiger partial charge on any atom is 0.252 e. The molecule has 0 saturated carbocycles. The van der Waals surface area contributed by atoms with E-state index >= 15 is 0 Å². The van der Waals surface area contributed by atoms with E-state index in [4.69, 9.17) is 0 Å². The number of benzene rings is 10. The fourth-order valence-corrected chi connectivity index (χ4v) is 12.1. The molecular formula is C68H60B2N4. The van der Waals surface area contributed by atoms with Gasteiger partial charge >= 0.3 is 0 Å². The monoisotopic (exact) mass is 955 g/mol. The van der Waals surface area contributed by atoms with Gasteiger partial charge in [-0.15, -0.1) is 0 Å². The fourth-order valence-electron chi connectivity index (χ4n) is 12.1. The van der Waals surface area contributed by atoms with Crippen LogP contribution in [0.2, 0.25) is 0 Å². The normalized spacial score (nSPS) is 13.0. The Labute approximate surface area is 439 Å². The van der Waals surface area contributed by atoms with Crippen LogP contribution in [-0.4, -0.2) is 13.4 Å². The zero-order chi connectivity index (χ0) is 50.8. The predicted molar refractivity (Wildman–Crippen MR) is 322 cm³/mol. The summed E-state index contributed by atoms with van der Waals surface area (Å²) in [6, 6.07) is 82.3. The van der Waals surface area contributed by atoms with Crippen LogP contribution in [0.1, 0.15) is 49.9 Å². The van der Waals surface area contributed by atoms with E-state index in [0.717, 1.165) is 33.9 Å². The third-order valence-electron chi connectivity index (χ3n) is 15.2. The summed E-state index contributed by atoms with van der Waals surface area (Å²) in [7, 11) is 0. The van der Waals surface area contributed by atoms with Gasteiger partial charge < -0.3 is 19.6 Å². The van der Waals surface area contributed by atoms with Crippen LogP contribution in [-0.2, 0) is 0 Å². The number of rotatable bonds is 5. The summed E-state index contributed by atoms with van der Waals surface area (Å²) in [4.78, 5) is 10.1. The van der Waals surface area contributed by atoms with Crippen molar-refractivity contribution in [3.63, 3.8) is 0 Å². The van der Waals surface area contributed by atoms with Crippen LogP contribution in [0.15, 0.2) is 218 Å². The molecule has 0 aromatic heterocycles. The summed E-state index contributed by atoms with van der Waals surface area (Å²) >= 11 is 0. The van der Waals surface area contributed by atoms with Crippen LogP contribution in [0.5, 0.6) is 0 Å². The molecule has 0 aliphatic carbocycles. The number of aryl methyl sites for hydroxylation is 4. The molecule has 10 aromatic carbocycles. The van der Waals surface area contributed by atoms with Gasteiger partial charge in [-0.1, -0.05) is 171 Å². The number of fused-ring (bicyclic) bond motifs is 8. The average Bonchev–Trinajstić information content (AvgIpc) is 3.47. The van der Waals surface area contributed by atoms with Gasteiger partial charge in [-0.05, 0) is 169 Å². The lowest BCUT2D eigenvalue weighted by molar-refractivity contribution is 1.24. The van der Waals surface area contributed by atoms with Crippen molar-refractivity contribution in [3.8, 4) is 11.1 Å². The zero-order valence-electron chi connectivity index (χ0n) is 43.7. The topological polar surface area (TPSA) is 13.0 Å². The number of hydrogen-bond acceptors (Lipinski definition) is 4. The predicted octanol–water partition coefficient (Wildman–Crippen LogP) is 14.8. The maximum atomic E-state index is 2.53. The molecule has 74 heavy (non-hydrogen) atoms. The van der Waals surface area contributed by atoms with Gasteiger partial charge in [0.25, 0.3) is 13.4 Å². The molecule has 0 atom stereocenters. The van der Waals surface area contributed by atoms with Crippen molar-refractivity contribution in [1.82, 2.24) is 0 Å². The molecule has 0 spiro atoms. The zero-order valence-corrected chi connectivity index (χ0v) is 43.7. The molecule has 4 aliphatic heterocycles. The summed E-state index contributed by atoms with van der Waals surface area (Å²) in [5, 5.41) is 0. The largest absolute Gasteiger partial charge is 0.311 e. The van der Waals surface area contributed by atoms with Crippen molar-refractivity contribution < 1.29 is 0 Å². The Balaban J connectivity index is 0.00000136. The molecule has 0 unspecified atom stereocenters. The van der Waals surface area contributed by atoms with Crippen LogP contribution in [0.4, 0.5) is 68.2 Å². The molecule has 0 bridgehead atoms. The second kappa shape index (κ2) is 18.9. The Morgan fingerprint density at radius 1 is 0.243 bits per heavy atom. The molecule has 4 heterocycles. The number of nitrogens with zero attached hydrogens (tertiary/aromatic N) is 4. The van der Waals surface area contributed by atoms with Gasteiger partial charge in [-0.2, -0.15) is 0 Å². The lowest BCUT2D eigenvalue weighted by atomic mass is 9.33. The molecule has 14 rings (SSSR count). The minimum Gasteiger partial charge on any atom is -0.311 e. The van der Waals surface area contributed by atoms with Gasteiger partial charge in [0.2, 0.25) is 0 Å². The summed E-state index contributed by atoms with van der Waals surface area (Å²) in [5.74, 6) is 0. The SMILES string of the molecule is CC.CC.Cc1ccc(N2c3ccc(C)cc3B3c4ccccc4N(c4ccccc4)c4cc(-c5cc6c7c(c5)N(c5ccc(C)cc5)c5ccc(C)cc5B7c5ccccc5N6c5ccccc5)cc2c43)cc1. The van der Waals surface area contributed by atoms with Crippen molar-refractivity contribution in [2.45, 2.75) is 55.4 Å². The summed E-state index contributed by atoms with van der Waals surface area (Å²) in [6.07, 6.45) is 0. The molecule has 0 amide bonds. The van der Waals surface area contributed by atoms with Gasteiger partial charge in [0.05, 0.1) is 0 Å². The summed E-state index contributed by atoms with van der Waals surface area (Å²) < 4.78 is 0. The Kier molecular flexibility index (Phi) is 11.9. The Bertz CT molecular complexity index is 3490. The van der Waals surface area contributed by atoms with E-state index in [1.807, 2.05) is 27.7 Å². The molecule has 0 fully saturated rings. The Morgan fingerprint density at radius 2 is 0.527 bits per heavy atom. The minimum atomic E-state index is 0.0271. The maximum absolute atomic E-state index is 2.53. The lowest BCUT2D eigenvalue weighted by Gasteiger charge is -2.45. The van der Waals surface area contributed by atoms with Gasteiger partial charge in [-0.3, -0.25) is 0 Å². The van der Waals surface area contributed by atoms with Crippen molar-refractivity contribution in [2.75, 3.05) is 19.6 Å². The number of hydrogen-bond donors (Lipinski definition) is 0. The molecule has 0 saturated heterocycles. The van der Waals surface area contributed by atoms with Crippen LogP contribution >= 0.6 is 0 Å². The standard InChI is InChI=1S/C64H48B2N4.2C2H6/c1-41-23-29-49(30-24-41)69-57-33-27-43(3)35-53(57)65-51-19-11-13-21-55(51)67(47-15-7-5-8-16-47)59-37-45(39-61(69)63(59)65)46-38-60-64-62(40-46)70(50-31-25-42(2)26-32-50)58-34-28-44(4)36-54(58)66(64)52-20-12-14-22-56(52)68(60)48-17-9-6-10-18-48;2*1-2/h5-40H,1-4H3;2*1-2H3. The van der Waals surface area contributed by atoms with E-state index in [9.17, 15) is 0 Å². The summed E-state index contributed by atoms with van der Waals surface area (Å²) in [6.45, 7) is 16.9. The molecule has 358 valence electrons. The highest BCUT2D eigenvalue weighted by molar-refractivity contribution is 7.01. The van der Waals surface area contributed by atoms with Crippen molar-refractivity contribution in [3.05, 3.63) is 241 Å². The van der Waals surface area contributed by atoms with Gasteiger partial charge in [0.1, 0.15) is 0 Å². The van der Waals surface area contributed by atoms with Gasteiger partial charge in [-0.25, -0.2) is 0 Å². The second-order valence-electron chi connectivity index (χ2n) is 19.6. The van der Waals surface area contributed by atoms with Crippen molar-refractivity contribution in [1.29, 1.82) is 0 Å². The summed E-state index contributed by atoms with van der Waals surface area (Å²) in [5.41, 5.74) is 29.4. The van der Waals surface area contributed by atoms with Gasteiger partial charge in [0, 0.05) is 68.2 Å². The number of para-hydroxylation sites is 4. The van der Waals surface area contributed by atoms with Gasteiger partial charge in [0.15, 0.2) is 0 Å². The molecule has 4 aliphatic rings. The third kappa shape index (κ3) is 7.37. The van der Waals surface area contributed by atoms with Crippen LogP contribution in [0.25, 0.3) is 11.1 Å². The smallest absolute Gasteiger partial charge is 0.252 e. The van der Waals surface area contributed by atoms with Crippen LogP contribution in [0, 0.1) is 27.7 Å². The van der Waals surface area contributed by atoms with E-state index in [1.165, 1.54) is 101 Å².